The van der Waals surface area contributed by atoms with Crippen LogP contribution in [0.25, 0.3) is 0 Å². The number of aryl methyl sites for hydroxylation is 2. The first-order valence-electron chi connectivity index (χ1n) is 16.9. The molecule has 0 aliphatic heterocycles. The summed E-state index contributed by atoms with van der Waals surface area (Å²) < 4.78 is 3.15. The van der Waals surface area contributed by atoms with Crippen molar-refractivity contribution in [2.24, 2.45) is 5.92 Å². The first-order valence-corrected chi connectivity index (χ1v) is 18.5. The van der Waals surface area contributed by atoms with Crippen molar-refractivity contribution < 1.29 is 29.4 Å². The van der Waals surface area contributed by atoms with Gasteiger partial charge in [-0.25, -0.2) is 4.79 Å². The fourth-order valence-electron chi connectivity index (χ4n) is 5.25. The van der Waals surface area contributed by atoms with E-state index in [0.717, 1.165) is 48.4 Å². The highest BCUT2D eigenvalue weighted by molar-refractivity contribution is 7.97. The van der Waals surface area contributed by atoms with Crippen LogP contribution in [0.5, 0.6) is 0 Å². The molecule has 0 aromatic heterocycles. The number of carbonyl (C=O) groups is 4. The van der Waals surface area contributed by atoms with Gasteiger partial charge in [0.1, 0.15) is 6.79 Å². The SMILES string of the molecule is C=O.CC1CCCCC1.CCNSc1cccc(C(=O)Nc2cc(Cl)c(Cl)cc2C(=O)Nc2ccc(CCc3ccc(C(=O)O)cc3)cc2)c1.CO. The number of carboxylic acids is 1. The molecule has 0 bridgehead atoms. The van der Waals surface area contributed by atoms with E-state index >= 15 is 0 Å². The van der Waals surface area contributed by atoms with E-state index in [1.165, 1.54) is 56.2 Å². The number of amides is 2. The van der Waals surface area contributed by atoms with Crippen molar-refractivity contribution in [1.82, 2.24) is 4.72 Å². The van der Waals surface area contributed by atoms with Gasteiger partial charge in [-0.3, -0.25) is 14.3 Å². The molecule has 1 fully saturated rings. The summed E-state index contributed by atoms with van der Waals surface area (Å²) in [6, 6.07) is 24.2. The smallest absolute Gasteiger partial charge is 0.335 e. The number of aliphatic hydroxyl groups is 1. The number of aromatic carboxylic acids is 1. The Morgan fingerprint density at radius 2 is 1.35 bits per heavy atom. The fourth-order valence-corrected chi connectivity index (χ4v) is 6.22. The molecule has 4 aromatic rings. The average Bonchev–Trinajstić information content (AvgIpc) is 3.17. The van der Waals surface area contributed by atoms with Gasteiger partial charge >= 0.3 is 5.97 Å². The van der Waals surface area contributed by atoms with E-state index < -0.39 is 17.8 Å². The molecule has 0 saturated heterocycles. The summed E-state index contributed by atoms with van der Waals surface area (Å²) in [6.45, 7) is 7.12. The Bertz CT molecular complexity index is 1720. The zero-order valence-corrected chi connectivity index (χ0v) is 32.0. The number of hydrogen-bond acceptors (Lipinski definition) is 7. The van der Waals surface area contributed by atoms with Gasteiger partial charge in [0, 0.05) is 29.8 Å². The second-order valence-electron chi connectivity index (χ2n) is 11.8. The number of aliphatic hydroxyl groups excluding tert-OH is 1. The van der Waals surface area contributed by atoms with E-state index in [9.17, 15) is 14.4 Å². The Morgan fingerprint density at radius 1 is 0.769 bits per heavy atom. The molecule has 1 saturated carbocycles. The van der Waals surface area contributed by atoms with Gasteiger partial charge in [-0.2, -0.15) is 0 Å². The van der Waals surface area contributed by atoms with Gasteiger partial charge < -0.3 is 25.6 Å². The van der Waals surface area contributed by atoms with Crippen LogP contribution in [0, 0.1) is 5.92 Å². The molecule has 0 atom stereocenters. The predicted molar refractivity (Wildman–Crippen MR) is 213 cm³/mol. The van der Waals surface area contributed by atoms with Crippen molar-refractivity contribution in [2.75, 3.05) is 24.3 Å². The second kappa shape index (κ2) is 24.1. The van der Waals surface area contributed by atoms with E-state index in [4.69, 9.17) is 38.2 Å². The Labute approximate surface area is 320 Å². The largest absolute Gasteiger partial charge is 0.478 e. The van der Waals surface area contributed by atoms with Gasteiger partial charge in [-0.05, 0) is 96.4 Å². The van der Waals surface area contributed by atoms with Crippen LogP contribution in [-0.4, -0.2) is 48.4 Å². The van der Waals surface area contributed by atoms with Gasteiger partial charge in [-0.1, -0.05) is 99.5 Å². The molecule has 9 nitrogen and oxygen atoms in total. The topological polar surface area (TPSA) is 145 Å². The predicted octanol–water partition coefficient (Wildman–Crippen LogP) is 9.61. The summed E-state index contributed by atoms with van der Waals surface area (Å²) in [5, 5.41) is 22.1. The van der Waals surface area contributed by atoms with E-state index in [2.05, 4.69) is 22.3 Å². The highest BCUT2D eigenvalue weighted by atomic mass is 35.5. The Kier molecular flexibility index (Phi) is 20.4. The minimum Gasteiger partial charge on any atom is -0.478 e. The third kappa shape index (κ3) is 14.8. The van der Waals surface area contributed by atoms with Gasteiger partial charge in [0.2, 0.25) is 0 Å². The Hall–Kier alpha value is -4.19. The monoisotopic (exact) mass is 767 g/mol. The first kappa shape index (κ1) is 44.0. The van der Waals surface area contributed by atoms with Crippen LogP contribution in [0.3, 0.4) is 0 Å². The number of anilines is 2. The van der Waals surface area contributed by atoms with Crippen LogP contribution in [0.15, 0.2) is 89.8 Å². The summed E-state index contributed by atoms with van der Waals surface area (Å²) in [5.74, 6) is -0.761. The summed E-state index contributed by atoms with van der Waals surface area (Å²) in [7, 11) is 1.00. The summed E-state index contributed by atoms with van der Waals surface area (Å²) >= 11 is 13.9. The van der Waals surface area contributed by atoms with E-state index in [1.807, 2.05) is 44.0 Å². The molecular formula is C40H47Cl2N3O6S. The molecular weight excluding hydrogens is 721 g/mol. The zero-order valence-electron chi connectivity index (χ0n) is 29.7. The van der Waals surface area contributed by atoms with Crippen LogP contribution in [-0.2, 0) is 17.6 Å². The standard InChI is InChI=1S/C31H27Cl2N3O4S.C7H14.CH4O.CH2O/c1-2-34-41-24-5-3-4-22(16-24)29(37)36-28-18-27(33)26(32)17-25(28)30(38)35-23-14-10-20(11-15-23)7-6-19-8-12-21(13-9-19)31(39)40;1-7-5-3-2-4-6-7;2*1-2/h3-5,8-18,34H,2,6-7H2,1H3,(H,35,38)(H,36,37)(H,39,40);7H,2-6H2,1H3;2H,1H3;1H2. The molecule has 52 heavy (non-hydrogen) atoms. The third-order valence-electron chi connectivity index (χ3n) is 7.99. The lowest BCUT2D eigenvalue weighted by Crippen LogP contribution is -2.18. The molecule has 5 N–H and O–H groups in total. The molecule has 5 rings (SSSR count). The molecule has 0 unspecified atom stereocenters. The van der Waals surface area contributed by atoms with Crippen molar-refractivity contribution in [1.29, 1.82) is 0 Å². The Balaban J connectivity index is 0.000000741. The number of halogens is 2. The minimum atomic E-state index is -0.950. The van der Waals surface area contributed by atoms with Crippen LogP contribution >= 0.6 is 35.1 Å². The molecule has 0 spiro atoms. The maximum absolute atomic E-state index is 13.2. The summed E-state index contributed by atoms with van der Waals surface area (Å²) in [5.41, 5.74) is 3.75. The van der Waals surface area contributed by atoms with Gasteiger partial charge in [-0.15, -0.1) is 0 Å². The number of nitrogens with one attached hydrogen (secondary N) is 3. The molecule has 278 valence electrons. The highest BCUT2D eigenvalue weighted by Gasteiger charge is 2.18. The van der Waals surface area contributed by atoms with E-state index in [-0.39, 0.29) is 26.9 Å². The van der Waals surface area contributed by atoms with Crippen LogP contribution in [0.2, 0.25) is 10.0 Å². The van der Waals surface area contributed by atoms with Gasteiger partial charge in [0.05, 0.1) is 26.9 Å². The highest BCUT2D eigenvalue weighted by Crippen LogP contribution is 2.30. The third-order valence-corrected chi connectivity index (χ3v) is 9.64. The van der Waals surface area contributed by atoms with Crippen molar-refractivity contribution in [3.8, 4) is 0 Å². The number of benzene rings is 4. The quantitative estimate of drug-likeness (QED) is 0.0950. The van der Waals surface area contributed by atoms with Crippen molar-refractivity contribution in [2.45, 2.75) is 63.7 Å². The molecule has 0 heterocycles. The normalized spacial score (nSPS) is 12.0. The van der Waals surface area contributed by atoms with Crippen molar-refractivity contribution in [3.05, 3.63) is 123 Å². The lowest BCUT2D eigenvalue weighted by molar-refractivity contribution is -0.0980. The number of carbonyl (C=O) groups excluding carboxylic acids is 3. The lowest BCUT2D eigenvalue weighted by Gasteiger charge is -2.15. The van der Waals surface area contributed by atoms with Gasteiger partial charge in [0.25, 0.3) is 11.8 Å². The minimum absolute atomic E-state index is 0.166. The fraction of sp³-hybridized carbons (Fsp3) is 0.300. The van der Waals surface area contributed by atoms with Crippen molar-refractivity contribution in [3.63, 3.8) is 0 Å². The van der Waals surface area contributed by atoms with Crippen LogP contribution < -0.4 is 15.4 Å². The molecule has 2 amide bonds. The molecule has 0 radical (unpaired) electrons. The molecule has 12 heteroatoms. The summed E-state index contributed by atoms with van der Waals surface area (Å²) in [4.78, 5) is 46.2. The lowest BCUT2D eigenvalue weighted by atomic mass is 9.91. The van der Waals surface area contributed by atoms with E-state index in [1.54, 1.807) is 42.5 Å². The number of carboxylic acid groups (broad SMARTS) is 1. The molecule has 4 aromatic carbocycles. The average molecular weight is 769 g/mol. The summed E-state index contributed by atoms with van der Waals surface area (Å²) in [6.07, 6.45) is 8.93. The maximum Gasteiger partial charge on any atom is 0.335 e. The zero-order chi connectivity index (χ0) is 38.5. The second-order valence-corrected chi connectivity index (χ2v) is 13.6. The van der Waals surface area contributed by atoms with Crippen LogP contribution in [0.4, 0.5) is 11.4 Å². The van der Waals surface area contributed by atoms with Gasteiger partial charge in [0.15, 0.2) is 0 Å². The Morgan fingerprint density at radius 3 is 1.88 bits per heavy atom. The molecule has 1 aliphatic carbocycles. The number of rotatable bonds is 11. The van der Waals surface area contributed by atoms with Crippen LogP contribution in [0.1, 0.15) is 88.2 Å². The van der Waals surface area contributed by atoms with E-state index in [0.29, 0.717) is 11.3 Å². The first-order chi connectivity index (χ1) is 25.1. The number of hydrogen-bond donors (Lipinski definition) is 5. The molecule has 1 aliphatic rings. The van der Waals surface area contributed by atoms with Crippen molar-refractivity contribution >= 4 is 71.1 Å². The maximum atomic E-state index is 13.2.